The Kier molecular flexibility index (Phi) is 10.7. The Morgan fingerprint density at radius 2 is 1.42 bits per heavy atom. The van der Waals surface area contributed by atoms with Gasteiger partial charge in [-0.15, -0.1) is 0 Å². The summed E-state index contributed by atoms with van der Waals surface area (Å²) in [5, 5.41) is 8.11. The van der Waals surface area contributed by atoms with Crippen LogP contribution in [0.4, 0.5) is 22.7 Å². The maximum atomic E-state index is 12.2. The van der Waals surface area contributed by atoms with Crippen LogP contribution in [0.25, 0.3) is 21.8 Å². The van der Waals surface area contributed by atoms with E-state index in [-0.39, 0.29) is 16.6 Å². The third kappa shape index (κ3) is 9.46. The smallest absolute Gasteiger partial charge is 0.294 e. The highest BCUT2D eigenvalue weighted by atomic mass is 32.2. The van der Waals surface area contributed by atoms with Crippen molar-refractivity contribution in [3.63, 3.8) is 0 Å². The number of hydrogen-bond donors (Lipinski definition) is 5. The number of fused-ring (bicyclic) bond motifs is 2. The van der Waals surface area contributed by atoms with Crippen molar-refractivity contribution >= 4 is 70.6 Å². The van der Waals surface area contributed by atoms with Gasteiger partial charge in [-0.05, 0) is 87.0 Å². The molecule has 45 heavy (non-hydrogen) atoms. The van der Waals surface area contributed by atoms with E-state index in [0.29, 0.717) is 30.8 Å². The molecule has 0 atom stereocenters. The van der Waals surface area contributed by atoms with Gasteiger partial charge in [0.15, 0.2) is 0 Å². The molecule has 13 heteroatoms. The van der Waals surface area contributed by atoms with Crippen LogP contribution in [-0.4, -0.2) is 44.6 Å². The zero-order valence-corrected chi connectivity index (χ0v) is 26.5. The molecule has 0 bridgehead atoms. The van der Waals surface area contributed by atoms with Crippen LogP contribution in [0.1, 0.15) is 25.3 Å². The lowest BCUT2D eigenvalue weighted by atomic mass is 10.1. The molecule has 0 spiro atoms. The minimum Gasteiger partial charge on any atom is -0.354 e. The first-order valence-corrected chi connectivity index (χ1v) is 17.2. The van der Waals surface area contributed by atoms with Crippen LogP contribution in [-0.2, 0) is 24.9 Å². The number of carbonyl (C=O) groups is 1. The molecule has 0 aliphatic carbocycles. The standard InChI is InChI=1S/C25H27N5O3S.C7H8O3S/c1-17(31)27-20-12-13-22-24(16-20)29-23-7-3-2-6-21(23)25(22)28-18-8-10-19(11-9-18)30-34(32,33)15-5-4-14-26;1-6-2-4-7(5-3-6)11(8,9)10/h2-3,6-13,16,30H,4-5,14-15,26H2,1H3,(H,27,31)(H,28,29);2-5H,1H3,(H,8,9,10). The van der Waals surface area contributed by atoms with Crippen LogP contribution >= 0.6 is 0 Å². The molecule has 1 aromatic heterocycles. The minimum absolute atomic E-state index is 0.0413. The van der Waals surface area contributed by atoms with E-state index in [9.17, 15) is 21.6 Å². The number of nitrogens with zero attached hydrogens (tertiary/aromatic N) is 1. The Morgan fingerprint density at radius 1 is 0.800 bits per heavy atom. The first-order chi connectivity index (χ1) is 21.3. The second-order valence-corrected chi connectivity index (χ2v) is 13.6. The summed E-state index contributed by atoms with van der Waals surface area (Å²) >= 11 is 0. The molecule has 0 aliphatic heterocycles. The van der Waals surface area contributed by atoms with Gasteiger partial charge in [0.05, 0.1) is 27.4 Å². The summed E-state index contributed by atoms with van der Waals surface area (Å²) in [6.07, 6.45) is 1.20. The highest BCUT2D eigenvalue weighted by Crippen LogP contribution is 2.34. The number of unbranched alkanes of at least 4 members (excludes halogenated alkanes) is 1. The van der Waals surface area contributed by atoms with E-state index in [0.717, 1.165) is 38.7 Å². The number of sulfonamides is 1. The maximum Gasteiger partial charge on any atom is 0.294 e. The number of benzene rings is 4. The zero-order chi connectivity index (χ0) is 32.6. The van der Waals surface area contributed by atoms with E-state index in [1.165, 1.54) is 19.1 Å². The van der Waals surface area contributed by atoms with E-state index in [1.54, 1.807) is 24.3 Å². The van der Waals surface area contributed by atoms with E-state index in [4.69, 9.17) is 15.3 Å². The van der Waals surface area contributed by atoms with Gasteiger partial charge in [-0.3, -0.25) is 14.1 Å². The van der Waals surface area contributed by atoms with Crippen molar-refractivity contribution in [2.45, 2.75) is 31.6 Å². The lowest BCUT2D eigenvalue weighted by molar-refractivity contribution is -0.114. The third-order valence-electron chi connectivity index (χ3n) is 6.62. The third-order valence-corrected chi connectivity index (χ3v) is 8.86. The topological polar surface area (TPSA) is 181 Å². The molecule has 6 N–H and O–H groups in total. The predicted octanol–water partition coefficient (Wildman–Crippen LogP) is 5.81. The van der Waals surface area contributed by atoms with E-state index in [2.05, 4.69) is 15.4 Å². The number of anilines is 4. The van der Waals surface area contributed by atoms with E-state index >= 15 is 0 Å². The van der Waals surface area contributed by atoms with Gasteiger partial charge < -0.3 is 16.4 Å². The van der Waals surface area contributed by atoms with Gasteiger partial charge in [-0.25, -0.2) is 13.4 Å². The van der Waals surface area contributed by atoms with Crippen molar-refractivity contribution in [3.05, 3.63) is 96.6 Å². The summed E-state index contributed by atoms with van der Waals surface area (Å²) in [5.41, 5.74) is 10.8. The van der Waals surface area contributed by atoms with Gasteiger partial charge in [-0.2, -0.15) is 8.42 Å². The number of pyridine rings is 1. The Bertz CT molecular complexity index is 2020. The summed E-state index contributed by atoms with van der Waals surface area (Å²) in [5.74, 6) is -0.103. The fraction of sp³-hybridized carbons (Fsp3) is 0.188. The number of para-hydroxylation sites is 1. The Labute approximate surface area is 262 Å². The summed E-state index contributed by atoms with van der Waals surface area (Å²) in [6, 6.07) is 26.5. The lowest BCUT2D eigenvalue weighted by Gasteiger charge is -2.15. The number of amides is 1. The monoisotopic (exact) mass is 649 g/mol. The molecule has 5 rings (SSSR count). The fourth-order valence-electron chi connectivity index (χ4n) is 4.45. The molecule has 4 aromatic carbocycles. The first kappa shape index (κ1) is 33.3. The number of nitrogens with one attached hydrogen (secondary N) is 3. The van der Waals surface area contributed by atoms with Crippen LogP contribution < -0.4 is 21.1 Å². The molecular weight excluding hydrogens is 615 g/mol. The van der Waals surface area contributed by atoms with Crippen molar-refractivity contribution in [2.24, 2.45) is 5.73 Å². The van der Waals surface area contributed by atoms with Crippen LogP contribution in [0, 0.1) is 6.92 Å². The van der Waals surface area contributed by atoms with Crippen molar-refractivity contribution in [3.8, 4) is 0 Å². The molecule has 0 aliphatic rings. The van der Waals surface area contributed by atoms with Gasteiger partial charge in [0.1, 0.15) is 0 Å². The van der Waals surface area contributed by atoms with Crippen LogP contribution in [0.3, 0.4) is 0 Å². The second kappa shape index (κ2) is 14.5. The van der Waals surface area contributed by atoms with E-state index in [1.807, 2.05) is 61.5 Å². The number of aryl methyl sites for hydroxylation is 1. The average Bonchev–Trinajstić information content (AvgIpc) is 2.97. The van der Waals surface area contributed by atoms with Gasteiger partial charge in [0.2, 0.25) is 15.9 Å². The van der Waals surface area contributed by atoms with Crippen molar-refractivity contribution in [1.82, 2.24) is 4.98 Å². The molecule has 1 amide bonds. The molecule has 5 aromatic rings. The minimum atomic E-state index is -4.02. The summed E-state index contributed by atoms with van der Waals surface area (Å²) in [7, 11) is -7.43. The normalized spacial score (nSPS) is 11.5. The molecule has 0 saturated carbocycles. The Balaban J connectivity index is 0.000000354. The van der Waals surface area contributed by atoms with Gasteiger partial charge in [0, 0.05) is 34.8 Å². The van der Waals surface area contributed by atoms with Crippen LogP contribution in [0.2, 0.25) is 0 Å². The van der Waals surface area contributed by atoms with Gasteiger partial charge in [0.25, 0.3) is 10.1 Å². The lowest BCUT2D eigenvalue weighted by Crippen LogP contribution is -2.17. The molecule has 11 nitrogen and oxygen atoms in total. The van der Waals surface area contributed by atoms with Crippen molar-refractivity contribution in [1.29, 1.82) is 0 Å². The quantitative estimate of drug-likeness (QED) is 0.0708. The largest absolute Gasteiger partial charge is 0.354 e. The molecule has 0 fully saturated rings. The van der Waals surface area contributed by atoms with Gasteiger partial charge in [-0.1, -0.05) is 35.9 Å². The molecule has 0 saturated heterocycles. The second-order valence-electron chi connectivity index (χ2n) is 10.3. The number of aromatic nitrogens is 1. The van der Waals surface area contributed by atoms with Crippen molar-refractivity contribution in [2.75, 3.05) is 27.7 Å². The highest BCUT2D eigenvalue weighted by Gasteiger charge is 2.13. The SMILES string of the molecule is CC(=O)Nc1ccc2c(Nc3ccc(NS(=O)(=O)CCCCN)cc3)c3ccccc3nc2c1.Cc1ccc(S(=O)(=O)O)cc1. The fourth-order valence-corrected chi connectivity index (χ4v) is 6.11. The molecule has 236 valence electrons. The predicted molar refractivity (Wildman–Crippen MR) is 180 cm³/mol. The van der Waals surface area contributed by atoms with Gasteiger partial charge >= 0.3 is 0 Å². The van der Waals surface area contributed by atoms with Crippen molar-refractivity contribution < 1.29 is 26.2 Å². The summed E-state index contributed by atoms with van der Waals surface area (Å²) in [6.45, 7) is 3.78. The first-order valence-electron chi connectivity index (χ1n) is 14.1. The number of nitrogens with two attached hydrogens (primary N) is 1. The maximum absolute atomic E-state index is 12.2. The average molecular weight is 650 g/mol. The Morgan fingerprint density at radius 3 is 2.07 bits per heavy atom. The zero-order valence-electron chi connectivity index (χ0n) is 24.8. The number of hydrogen-bond acceptors (Lipinski definition) is 8. The highest BCUT2D eigenvalue weighted by molar-refractivity contribution is 7.92. The van der Waals surface area contributed by atoms with Crippen LogP contribution in [0.5, 0.6) is 0 Å². The molecular formula is C32H35N5O6S2. The molecule has 1 heterocycles. The van der Waals surface area contributed by atoms with Crippen LogP contribution in [0.15, 0.2) is 95.9 Å². The summed E-state index contributed by atoms with van der Waals surface area (Å²) in [4.78, 5) is 16.1. The molecule has 0 radical (unpaired) electrons. The number of carbonyl (C=O) groups excluding carboxylic acids is 1. The molecule has 0 unspecified atom stereocenters. The Hall–Kier alpha value is -4.56. The summed E-state index contributed by atoms with van der Waals surface area (Å²) < 4.78 is 56.6. The van der Waals surface area contributed by atoms with E-state index < -0.39 is 20.1 Å². The number of rotatable bonds is 10.